The molecule has 0 aliphatic heterocycles. The van der Waals surface area contributed by atoms with Crippen LogP contribution < -0.4 is 0 Å². The zero-order chi connectivity index (χ0) is 31.3. The Kier molecular flexibility index (Phi) is 38.1. The predicted octanol–water partition coefficient (Wildman–Crippen LogP) is 13.2. The number of alkyl halides is 2. The third-order valence-electron chi connectivity index (χ3n) is 8.28. The Hall–Kier alpha value is -0.0600. The van der Waals surface area contributed by atoms with Crippen molar-refractivity contribution in [3.8, 4) is 0 Å². The van der Waals surface area contributed by atoms with E-state index in [4.69, 9.17) is 37.4 Å². The van der Waals surface area contributed by atoms with Gasteiger partial charge in [-0.25, -0.2) is 0 Å². The van der Waals surface area contributed by atoms with Crippen molar-refractivity contribution in [1.82, 2.24) is 0 Å². The van der Waals surface area contributed by atoms with E-state index >= 15 is 0 Å². The summed E-state index contributed by atoms with van der Waals surface area (Å²) < 4.78 is 17.2. The minimum absolute atomic E-state index is 0.320. The average Bonchev–Trinajstić information content (AvgIpc) is 3.01. The first-order chi connectivity index (χ1) is 21.3. The number of allylic oxidation sites excluding steroid dienone is 4. The molecule has 0 radical (unpaired) electrons. The third-order valence-corrected chi connectivity index (χ3v) is 8.82. The summed E-state index contributed by atoms with van der Waals surface area (Å²) in [5.41, 5.74) is 0. The second-order valence-corrected chi connectivity index (χ2v) is 13.2. The largest absolute Gasteiger partial charge is 0.355 e. The van der Waals surface area contributed by atoms with Gasteiger partial charge in [-0.3, -0.25) is 0 Å². The van der Waals surface area contributed by atoms with Crippen LogP contribution in [0, 0.1) is 11.8 Å². The van der Waals surface area contributed by atoms with Crippen LogP contribution in [0.4, 0.5) is 0 Å². The van der Waals surface area contributed by atoms with Gasteiger partial charge in [0.15, 0.2) is 0 Å². The Labute approximate surface area is 279 Å². The normalized spacial score (nSPS) is 13.5. The first-order valence-corrected chi connectivity index (χ1v) is 19.5. The number of hydrogen-bond acceptors (Lipinski definition) is 3. The number of rotatable bonds is 36. The maximum Gasteiger partial charge on any atom is 0.149 e. The molecule has 0 aliphatic rings. The lowest BCUT2D eigenvalue weighted by Gasteiger charge is -2.14. The van der Waals surface area contributed by atoms with Gasteiger partial charge in [0.2, 0.25) is 0 Å². The Bertz CT molecular complexity index is 521. The van der Waals surface area contributed by atoms with E-state index < -0.39 is 0 Å². The summed E-state index contributed by atoms with van der Waals surface area (Å²) in [7, 11) is 0. The van der Waals surface area contributed by atoms with E-state index in [-0.39, 0.29) is 0 Å². The summed E-state index contributed by atoms with van der Waals surface area (Å²) in [5, 5.41) is 0. The van der Waals surface area contributed by atoms with Crippen LogP contribution in [0.5, 0.6) is 0 Å². The number of halogens is 2. The molecule has 0 amide bonds. The van der Waals surface area contributed by atoms with E-state index in [9.17, 15) is 0 Å². The highest BCUT2D eigenvalue weighted by Crippen LogP contribution is 2.18. The molecule has 0 heterocycles. The van der Waals surface area contributed by atoms with Gasteiger partial charge >= 0.3 is 0 Å². The zero-order valence-electron chi connectivity index (χ0n) is 28.7. The first kappa shape index (κ1) is 42.9. The smallest absolute Gasteiger partial charge is 0.149 e. The molecular formula is C38H72Cl2O3. The van der Waals surface area contributed by atoms with Crippen LogP contribution in [0.3, 0.4) is 0 Å². The average molecular weight is 648 g/mol. The Morgan fingerprint density at radius 3 is 1.23 bits per heavy atom. The third kappa shape index (κ3) is 34.7. The lowest BCUT2D eigenvalue weighted by Crippen LogP contribution is -2.10. The van der Waals surface area contributed by atoms with Gasteiger partial charge in [-0.15, -0.1) is 23.2 Å². The fraction of sp³-hybridized carbons (Fsp3) is 0.895. The lowest BCUT2D eigenvalue weighted by atomic mass is 9.97. The summed E-state index contributed by atoms with van der Waals surface area (Å²) in [4.78, 5) is 0. The molecule has 0 aromatic rings. The van der Waals surface area contributed by atoms with Gasteiger partial charge in [0, 0.05) is 25.0 Å². The molecule has 0 aromatic carbocycles. The van der Waals surface area contributed by atoms with Crippen molar-refractivity contribution >= 4 is 23.2 Å². The molecule has 0 N–H and O–H groups in total. The summed E-state index contributed by atoms with van der Waals surface area (Å²) in [6, 6.07) is 0. The number of hydrogen-bond donors (Lipinski definition) is 0. The molecule has 0 saturated heterocycles. The molecule has 2 atom stereocenters. The molecule has 2 unspecified atom stereocenters. The van der Waals surface area contributed by atoms with Crippen LogP contribution in [0.2, 0.25) is 0 Å². The van der Waals surface area contributed by atoms with Crippen LogP contribution >= 0.6 is 23.2 Å². The zero-order valence-corrected chi connectivity index (χ0v) is 30.2. The standard InChI is InChI=1S/C38H72Cl2O3/c1-3-5-19-25-37(27-21-15-11-7-9-13-17-23-31-39)29-33-41-35-43-36-42-34-30-38(26-20-6-4-2)28-22-16-12-8-10-14-18-24-32-40/h21-22,27-28,37-38H,3-20,23-26,29-36H2,1-2H3. The van der Waals surface area contributed by atoms with Gasteiger partial charge in [-0.2, -0.15) is 0 Å². The molecule has 256 valence electrons. The number of unbranched alkanes of at least 4 members (excludes halogenated alkanes) is 16. The van der Waals surface area contributed by atoms with Crippen molar-refractivity contribution in [3.05, 3.63) is 24.3 Å². The van der Waals surface area contributed by atoms with Crippen molar-refractivity contribution in [2.75, 3.05) is 38.6 Å². The molecule has 0 bridgehead atoms. The van der Waals surface area contributed by atoms with Crippen molar-refractivity contribution in [2.45, 2.75) is 168 Å². The Morgan fingerprint density at radius 1 is 0.442 bits per heavy atom. The summed E-state index contributed by atoms with van der Waals surface area (Å²) in [6.07, 6.45) is 40.1. The maximum atomic E-state index is 5.81. The number of ether oxygens (including phenoxy) is 3. The molecule has 43 heavy (non-hydrogen) atoms. The Morgan fingerprint density at radius 2 is 0.837 bits per heavy atom. The van der Waals surface area contributed by atoms with Gasteiger partial charge in [-0.05, 0) is 76.0 Å². The lowest BCUT2D eigenvalue weighted by molar-refractivity contribution is -0.133. The maximum absolute atomic E-state index is 5.81. The van der Waals surface area contributed by atoms with E-state index in [1.54, 1.807) is 0 Å². The summed E-state index contributed by atoms with van der Waals surface area (Å²) >= 11 is 11.5. The van der Waals surface area contributed by atoms with Gasteiger partial charge in [-0.1, -0.05) is 128 Å². The molecule has 3 nitrogen and oxygen atoms in total. The van der Waals surface area contributed by atoms with Crippen LogP contribution in [0.1, 0.15) is 168 Å². The minimum Gasteiger partial charge on any atom is -0.355 e. The van der Waals surface area contributed by atoms with E-state index in [2.05, 4.69) is 38.2 Å². The molecule has 0 rings (SSSR count). The van der Waals surface area contributed by atoms with Gasteiger partial charge in [0.05, 0.1) is 0 Å². The van der Waals surface area contributed by atoms with E-state index in [0.717, 1.165) is 50.7 Å². The van der Waals surface area contributed by atoms with Crippen molar-refractivity contribution in [2.24, 2.45) is 11.8 Å². The molecule has 5 heteroatoms. The predicted molar refractivity (Wildman–Crippen MR) is 192 cm³/mol. The molecule has 0 saturated carbocycles. The van der Waals surface area contributed by atoms with Crippen molar-refractivity contribution in [3.63, 3.8) is 0 Å². The molecule has 0 spiro atoms. The van der Waals surface area contributed by atoms with E-state index in [1.165, 1.54) is 128 Å². The molecule has 0 aromatic heterocycles. The van der Waals surface area contributed by atoms with Crippen LogP contribution in [0.15, 0.2) is 24.3 Å². The molecular weight excluding hydrogens is 575 g/mol. The monoisotopic (exact) mass is 646 g/mol. The van der Waals surface area contributed by atoms with Crippen LogP contribution in [-0.4, -0.2) is 38.6 Å². The topological polar surface area (TPSA) is 27.7 Å². The Balaban J connectivity index is 4.02. The van der Waals surface area contributed by atoms with Crippen molar-refractivity contribution < 1.29 is 14.2 Å². The quantitative estimate of drug-likeness (QED) is 0.0293. The fourth-order valence-corrected chi connectivity index (χ4v) is 5.81. The first-order valence-electron chi connectivity index (χ1n) is 18.5. The van der Waals surface area contributed by atoms with Gasteiger partial charge in [0.1, 0.15) is 13.6 Å². The highest BCUT2D eigenvalue weighted by Gasteiger charge is 2.06. The second kappa shape index (κ2) is 38.1. The fourth-order valence-electron chi connectivity index (χ4n) is 5.43. The van der Waals surface area contributed by atoms with Gasteiger partial charge in [0.25, 0.3) is 0 Å². The minimum atomic E-state index is 0.320. The summed E-state index contributed by atoms with van der Waals surface area (Å²) in [6.45, 7) is 6.69. The van der Waals surface area contributed by atoms with Crippen molar-refractivity contribution in [1.29, 1.82) is 0 Å². The van der Waals surface area contributed by atoms with E-state index in [1.807, 2.05) is 0 Å². The van der Waals surface area contributed by atoms with Crippen LogP contribution in [-0.2, 0) is 14.2 Å². The van der Waals surface area contributed by atoms with Gasteiger partial charge < -0.3 is 14.2 Å². The van der Waals surface area contributed by atoms with E-state index in [0.29, 0.717) is 25.4 Å². The van der Waals surface area contributed by atoms with Crippen LogP contribution in [0.25, 0.3) is 0 Å². The highest BCUT2D eigenvalue weighted by atomic mass is 35.5. The second-order valence-electron chi connectivity index (χ2n) is 12.4. The molecule has 0 aliphatic carbocycles. The summed E-state index contributed by atoms with van der Waals surface area (Å²) in [5.74, 6) is 2.84. The highest BCUT2D eigenvalue weighted by molar-refractivity contribution is 6.18. The molecule has 0 fully saturated rings. The SMILES string of the molecule is CCCCCC(C=CCCCCCCCCCl)CCOCOCOCCC(C=CCCCCCCCCCl)CCCCC.